The standard InChI is InChI=1S/C19H25F2N3O5/c1-11(25)22-15-12(16(26)28-5)6-7-13(23-15)14-10-19(20,21)8-9-24(14)17(27)29-18(2,3)4/h6-7,14H,8-10H2,1-5H3,(H,22,23,25). The first-order valence-corrected chi connectivity index (χ1v) is 9.07. The monoisotopic (exact) mass is 413 g/mol. The van der Waals surface area contributed by atoms with Crippen molar-refractivity contribution in [3.8, 4) is 0 Å². The molecule has 1 aliphatic rings. The first kappa shape index (κ1) is 22.5. The SMILES string of the molecule is COC(=O)c1ccc(C2CC(F)(F)CCN2C(=O)OC(C)(C)C)nc1NC(C)=O. The average Bonchev–Trinajstić information content (AvgIpc) is 2.58. The van der Waals surface area contributed by atoms with E-state index >= 15 is 0 Å². The van der Waals surface area contributed by atoms with Crippen LogP contribution < -0.4 is 5.32 Å². The summed E-state index contributed by atoms with van der Waals surface area (Å²) in [7, 11) is 1.17. The number of hydrogen-bond acceptors (Lipinski definition) is 6. The van der Waals surface area contributed by atoms with Crippen LogP contribution >= 0.6 is 0 Å². The number of aromatic nitrogens is 1. The van der Waals surface area contributed by atoms with E-state index in [2.05, 4.69) is 15.0 Å². The number of anilines is 1. The third-order valence-electron chi connectivity index (χ3n) is 4.17. The molecule has 10 heteroatoms. The van der Waals surface area contributed by atoms with Crippen molar-refractivity contribution >= 4 is 23.8 Å². The summed E-state index contributed by atoms with van der Waals surface area (Å²) in [6.45, 7) is 6.03. The number of piperidine rings is 1. The summed E-state index contributed by atoms with van der Waals surface area (Å²) in [5.74, 6) is -4.37. The number of carbonyl (C=O) groups excluding carboxylic acids is 3. The molecule has 2 heterocycles. The topological polar surface area (TPSA) is 97.8 Å². The van der Waals surface area contributed by atoms with Gasteiger partial charge in [-0.15, -0.1) is 0 Å². The van der Waals surface area contributed by atoms with Crippen molar-refractivity contribution in [2.45, 2.75) is 58.1 Å². The maximum absolute atomic E-state index is 14.1. The maximum Gasteiger partial charge on any atom is 0.410 e. The number of methoxy groups -OCH3 is 1. The van der Waals surface area contributed by atoms with Gasteiger partial charge in [-0.3, -0.25) is 9.69 Å². The molecule has 1 aliphatic heterocycles. The molecule has 1 aromatic heterocycles. The van der Waals surface area contributed by atoms with Gasteiger partial charge >= 0.3 is 12.1 Å². The van der Waals surface area contributed by atoms with Crippen molar-refractivity contribution < 1.29 is 32.6 Å². The van der Waals surface area contributed by atoms with Crippen molar-refractivity contribution in [2.24, 2.45) is 0 Å². The molecule has 1 unspecified atom stereocenters. The van der Waals surface area contributed by atoms with Gasteiger partial charge in [0.25, 0.3) is 5.92 Å². The predicted molar refractivity (Wildman–Crippen MR) is 99.7 cm³/mol. The fourth-order valence-corrected chi connectivity index (χ4v) is 2.93. The molecule has 0 aliphatic carbocycles. The second kappa shape index (κ2) is 8.30. The van der Waals surface area contributed by atoms with Gasteiger partial charge in [0.05, 0.1) is 18.8 Å². The second-order valence-corrected chi connectivity index (χ2v) is 7.80. The number of alkyl halides is 2. The first-order valence-electron chi connectivity index (χ1n) is 9.07. The van der Waals surface area contributed by atoms with Crippen LogP contribution in [0.2, 0.25) is 0 Å². The minimum absolute atomic E-state index is 0.0298. The normalized spacial score (nSPS) is 18.7. The fourth-order valence-electron chi connectivity index (χ4n) is 2.93. The Morgan fingerprint density at radius 2 is 1.93 bits per heavy atom. The number of hydrogen-bond donors (Lipinski definition) is 1. The molecule has 0 radical (unpaired) electrons. The Morgan fingerprint density at radius 1 is 1.28 bits per heavy atom. The highest BCUT2D eigenvalue weighted by Crippen LogP contribution is 2.40. The van der Waals surface area contributed by atoms with Gasteiger partial charge in [-0.25, -0.2) is 23.4 Å². The minimum atomic E-state index is -3.00. The molecule has 1 saturated heterocycles. The molecule has 0 bridgehead atoms. The second-order valence-electron chi connectivity index (χ2n) is 7.80. The molecule has 0 aromatic carbocycles. The van der Waals surface area contributed by atoms with Crippen LogP contribution in [-0.4, -0.2) is 53.0 Å². The van der Waals surface area contributed by atoms with Crippen molar-refractivity contribution in [3.63, 3.8) is 0 Å². The average molecular weight is 413 g/mol. The molecule has 0 spiro atoms. The van der Waals surface area contributed by atoms with Gasteiger partial charge in [0, 0.05) is 26.3 Å². The summed E-state index contributed by atoms with van der Waals surface area (Å²) < 4.78 is 38.3. The van der Waals surface area contributed by atoms with Crippen LogP contribution in [0.1, 0.15) is 62.6 Å². The Balaban J connectivity index is 2.46. The van der Waals surface area contributed by atoms with Gasteiger partial charge in [0.1, 0.15) is 17.0 Å². The summed E-state index contributed by atoms with van der Waals surface area (Å²) in [5, 5.41) is 2.40. The van der Waals surface area contributed by atoms with Gasteiger partial charge < -0.3 is 14.8 Å². The van der Waals surface area contributed by atoms with E-state index in [1.807, 2.05) is 0 Å². The Hall–Kier alpha value is -2.78. The van der Waals surface area contributed by atoms with Crippen LogP contribution in [-0.2, 0) is 14.3 Å². The maximum atomic E-state index is 14.1. The molecule has 160 valence electrons. The van der Waals surface area contributed by atoms with Gasteiger partial charge in [-0.05, 0) is 32.9 Å². The van der Waals surface area contributed by atoms with E-state index in [1.165, 1.54) is 31.1 Å². The lowest BCUT2D eigenvalue weighted by Crippen LogP contribution is -2.47. The van der Waals surface area contributed by atoms with Crippen LogP contribution in [0.3, 0.4) is 0 Å². The van der Waals surface area contributed by atoms with Gasteiger partial charge in [-0.1, -0.05) is 0 Å². The lowest BCUT2D eigenvalue weighted by atomic mass is 9.95. The zero-order chi connectivity index (χ0) is 22.0. The highest BCUT2D eigenvalue weighted by molar-refractivity contribution is 5.99. The molecule has 2 rings (SSSR count). The third kappa shape index (κ3) is 5.85. The van der Waals surface area contributed by atoms with Crippen molar-refractivity contribution in [3.05, 3.63) is 23.4 Å². The zero-order valence-corrected chi connectivity index (χ0v) is 17.0. The number of nitrogens with one attached hydrogen (secondary N) is 1. The van der Waals surface area contributed by atoms with E-state index in [9.17, 15) is 23.2 Å². The van der Waals surface area contributed by atoms with E-state index in [0.717, 1.165) is 0 Å². The van der Waals surface area contributed by atoms with Crippen LogP contribution in [0.5, 0.6) is 0 Å². The molecule has 1 aromatic rings. The van der Waals surface area contributed by atoms with Crippen molar-refractivity contribution in [2.75, 3.05) is 19.0 Å². The minimum Gasteiger partial charge on any atom is -0.465 e. The van der Waals surface area contributed by atoms with Crippen LogP contribution in [0.4, 0.5) is 19.4 Å². The van der Waals surface area contributed by atoms with Crippen LogP contribution in [0.15, 0.2) is 12.1 Å². The van der Waals surface area contributed by atoms with Crippen LogP contribution in [0, 0.1) is 0 Å². The molecule has 1 fully saturated rings. The number of likely N-dealkylation sites (tertiary alicyclic amines) is 1. The Morgan fingerprint density at radius 3 is 2.48 bits per heavy atom. The fraction of sp³-hybridized carbons (Fsp3) is 0.579. The molecule has 2 amide bonds. The number of pyridine rings is 1. The zero-order valence-electron chi connectivity index (χ0n) is 17.0. The summed E-state index contributed by atoms with van der Waals surface area (Å²) in [6.07, 6.45) is -1.89. The van der Waals surface area contributed by atoms with Crippen molar-refractivity contribution in [1.82, 2.24) is 9.88 Å². The highest BCUT2D eigenvalue weighted by Gasteiger charge is 2.44. The molecule has 0 saturated carbocycles. The summed E-state index contributed by atoms with van der Waals surface area (Å²) in [5.41, 5.74) is -0.727. The van der Waals surface area contributed by atoms with Crippen molar-refractivity contribution in [1.29, 1.82) is 0 Å². The summed E-state index contributed by atoms with van der Waals surface area (Å²) >= 11 is 0. The molecular formula is C19H25F2N3O5. The van der Waals surface area contributed by atoms with E-state index in [1.54, 1.807) is 20.8 Å². The Bertz CT molecular complexity index is 808. The number of carbonyl (C=O) groups is 3. The number of esters is 1. The number of nitrogens with zero attached hydrogens (tertiary/aromatic N) is 2. The van der Waals surface area contributed by atoms with E-state index in [4.69, 9.17) is 4.74 Å². The lowest BCUT2D eigenvalue weighted by molar-refractivity contribution is -0.114. The van der Waals surface area contributed by atoms with Gasteiger partial charge in [0.15, 0.2) is 0 Å². The first-order chi connectivity index (χ1) is 13.3. The molecule has 1 N–H and O–H groups in total. The number of ether oxygens (including phenoxy) is 2. The molecular weight excluding hydrogens is 388 g/mol. The molecule has 8 nitrogen and oxygen atoms in total. The molecule has 1 atom stereocenters. The lowest BCUT2D eigenvalue weighted by Gasteiger charge is -2.39. The van der Waals surface area contributed by atoms with E-state index in [-0.39, 0.29) is 23.6 Å². The van der Waals surface area contributed by atoms with Gasteiger partial charge in [-0.2, -0.15) is 0 Å². The Labute approximate surface area is 167 Å². The quantitative estimate of drug-likeness (QED) is 0.762. The summed E-state index contributed by atoms with van der Waals surface area (Å²) in [6, 6.07) is 1.59. The number of amides is 2. The highest BCUT2D eigenvalue weighted by atomic mass is 19.3. The Kier molecular flexibility index (Phi) is 6.44. The van der Waals surface area contributed by atoms with E-state index in [0.29, 0.717) is 0 Å². The molecule has 29 heavy (non-hydrogen) atoms. The smallest absolute Gasteiger partial charge is 0.410 e. The van der Waals surface area contributed by atoms with Gasteiger partial charge in [0.2, 0.25) is 5.91 Å². The largest absolute Gasteiger partial charge is 0.465 e. The third-order valence-corrected chi connectivity index (χ3v) is 4.17. The number of halogens is 2. The van der Waals surface area contributed by atoms with Crippen LogP contribution in [0.25, 0.3) is 0 Å². The number of rotatable bonds is 3. The predicted octanol–water partition coefficient (Wildman–Crippen LogP) is 3.53. The summed E-state index contributed by atoms with van der Waals surface area (Å²) in [4.78, 5) is 41.4. The van der Waals surface area contributed by atoms with E-state index < -0.39 is 48.4 Å².